The molecule has 0 aliphatic heterocycles. The van der Waals surface area contributed by atoms with Crippen molar-refractivity contribution in [3.8, 4) is 0 Å². The van der Waals surface area contributed by atoms with Crippen LogP contribution in [-0.4, -0.2) is 6.04 Å². The van der Waals surface area contributed by atoms with Crippen molar-refractivity contribution in [2.75, 3.05) is 0 Å². The summed E-state index contributed by atoms with van der Waals surface area (Å²) in [6.45, 7) is 0. The van der Waals surface area contributed by atoms with Gasteiger partial charge in [-0.1, -0.05) is 17.7 Å². The van der Waals surface area contributed by atoms with Crippen LogP contribution in [0.15, 0.2) is 36.4 Å². The minimum atomic E-state index is -0.919. The molecule has 0 saturated heterocycles. The fraction of sp³-hybridized carbons (Fsp3) is 0.200. The first-order chi connectivity index (χ1) is 9.99. The van der Waals surface area contributed by atoms with Crippen molar-refractivity contribution in [2.45, 2.75) is 18.9 Å². The maximum absolute atomic E-state index is 13.7. The highest BCUT2D eigenvalue weighted by Crippen LogP contribution is 2.18. The Kier molecular flexibility index (Phi) is 5.22. The largest absolute Gasteiger partial charge is 0.271 e. The predicted molar refractivity (Wildman–Crippen MR) is 76.3 cm³/mol. The maximum atomic E-state index is 13.7. The Morgan fingerprint density at radius 1 is 0.952 bits per heavy atom. The van der Waals surface area contributed by atoms with Crippen LogP contribution in [0.2, 0.25) is 5.02 Å². The van der Waals surface area contributed by atoms with Gasteiger partial charge in [-0.05, 0) is 54.3 Å². The Bertz CT molecular complexity index is 634. The van der Waals surface area contributed by atoms with Crippen LogP contribution in [0, 0.1) is 17.5 Å². The second-order valence-corrected chi connectivity index (χ2v) is 5.19. The highest BCUT2D eigenvalue weighted by atomic mass is 35.5. The lowest BCUT2D eigenvalue weighted by Gasteiger charge is -2.17. The summed E-state index contributed by atoms with van der Waals surface area (Å²) in [6.07, 6.45) is 0.613. The lowest BCUT2D eigenvalue weighted by molar-refractivity contribution is 0.493. The van der Waals surface area contributed by atoms with E-state index >= 15 is 0 Å². The minimum absolute atomic E-state index is 0.280. The molecule has 0 aromatic heterocycles. The summed E-state index contributed by atoms with van der Waals surface area (Å²) in [5, 5.41) is 0.426. The molecule has 0 spiro atoms. The fourth-order valence-corrected chi connectivity index (χ4v) is 2.30. The van der Waals surface area contributed by atoms with Gasteiger partial charge in [0.15, 0.2) is 11.6 Å². The Hall–Kier alpha value is -1.56. The second kappa shape index (κ2) is 6.93. The molecule has 0 heterocycles. The van der Waals surface area contributed by atoms with Gasteiger partial charge in [0.2, 0.25) is 0 Å². The topological polar surface area (TPSA) is 38.0 Å². The van der Waals surface area contributed by atoms with E-state index in [-0.39, 0.29) is 18.3 Å². The number of hydrogen-bond donors (Lipinski definition) is 2. The van der Waals surface area contributed by atoms with Gasteiger partial charge in [-0.3, -0.25) is 11.3 Å². The minimum Gasteiger partial charge on any atom is -0.271 e. The molecule has 112 valence electrons. The summed E-state index contributed by atoms with van der Waals surface area (Å²) in [6, 6.07) is 7.56. The van der Waals surface area contributed by atoms with Crippen LogP contribution in [0.5, 0.6) is 0 Å². The Balaban J connectivity index is 2.12. The molecule has 2 aromatic carbocycles. The predicted octanol–water partition coefficient (Wildman–Crippen LogP) is 3.37. The van der Waals surface area contributed by atoms with Crippen LogP contribution >= 0.6 is 11.6 Å². The van der Waals surface area contributed by atoms with E-state index in [1.807, 2.05) is 0 Å². The number of hydrogen-bond acceptors (Lipinski definition) is 2. The van der Waals surface area contributed by atoms with Gasteiger partial charge in [0.25, 0.3) is 0 Å². The van der Waals surface area contributed by atoms with Crippen LogP contribution < -0.4 is 11.3 Å². The molecule has 2 aromatic rings. The third-order valence-corrected chi connectivity index (χ3v) is 3.41. The normalized spacial score (nSPS) is 12.4. The van der Waals surface area contributed by atoms with Gasteiger partial charge in [-0.25, -0.2) is 13.2 Å². The molecule has 0 bridgehead atoms. The van der Waals surface area contributed by atoms with Crippen molar-refractivity contribution in [1.82, 2.24) is 5.43 Å². The van der Waals surface area contributed by atoms with Gasteiger partial charge in [-0.2, -0.15) is 0 Å². The van der Waals surface area contributed by atoms with Crippen molar-refractivity contribution in [3.05, 3.63) is 70.0 Å². The zero-order chi connectivity index (χ0) is 15.4. The molecule has 0 aliphatic carbocycles. The quantitative estimate of drug-likeness (QED) is 0.656. The van der Waals surface area contributed by atoms with Crippen molar-refractivity contribution >= 4 is 11.6 Å². The number of benzene rings is 2. The van der Waals surface area contributed by atoms with Gasteiger partial charge in [0.05, 0.1) is 0 Å². The van der Waals surface area contributed by atoms with E-state index in [1.54, 1.807) is 0 Å². The molecular weight excluding hydrogens is 301 g/mol. The molecule has 0 radical (unpaired) electrons. The van der Waals surface area contributed by atoms with E-state index in [0.29, 0.717) is 22.6 Å². The Morgan fingerprint density at radius 2 is 1.67 bits per heavy atom. The lowest BCUT2D eigenvalue weighted by atomic mass is 9.99. The third-order valence-electron chi connectivity index (χ3n) is 3.18. The van der Waals surface area contributed by atoms with Gasteiger partial charge >= 0.3 is 0 Å². The van der Waals surface area contributed by atoms with E-state index in [1.165, 1.54) is 24.3 Å². The lowest BCUT2D eigenvalue weighted by Crippen LogP contribution is -2.38. The molecule has 1 unspecified atom stereocenters. The molecule has 2 nitrogen and oxygen atoms in total. The average molecular weight is 315 g/mol. The number of halogens is 4. The summed E-state index contributed by atoms with van der Waals surface area (Å²) in [7, 11) is 0. The van der Waals surface area contributed by atoms with E-state index in [0.717, 1.165) is 12.1 Å². The van der Waals surface area contributed by atoms with Gasteiger partial charge < -0.3 is 0 Å². The number of hydrazine groups is 1. The molecule has 0 amide bonds. The summed E-state index contributed by atoms with van der Waals surface area (Å²) in [4.78, 5) is 0. The first kappa shape index (κ1) is 15.8. The van der Waals surface area contributed by atoms with Crippen molar-refractivity contribution < 1.29 is 13.2 Å². The molecule has 2 rings (SSSR count). The molecule has 0 aliphatic rings. The first-order valence-corrected chi connectivity index (χ1v) is 6.71. The maximum Gasteiger partial charge on any atom is 0.159 e. The molecule has 0 fully saturated rings. The van der Waals surface area contributed by atoms with Crippen molar-refractivity contribution in [1.29, 1.82) is 0 Å². The summed E-state index contributed by atoms with van der Waals surface area (Å²) in [5.74, 6) is 3.24. The van der Waals surface area contributed by atoms with Gasteiger partial charge in [-0.15, -0.1) is 0 Å². The van der Waals surface area contributed by atoms with E-state index in [2.05, 4.69) is 5.43 Å². The molecule has 1 atom stereocenters. The number of nitrogens with one attached hydrogen (secondary N) is 1. The third kappa shape index (κ3) is 4.20. The van der Waals surface area contributed by atoms with Crippen LogP contribution in [0.1, 0.15) is 11.1 Å². The SMILES string of the molecule is NNC(Cc1ccc(F)c(F)c1)Cc1cc(Cl)ccc1F. The highest BCUT2D eigenvalue weighted by Gasteiger charge is 2.13. The first-order valence-electron chi connectivity index (χ1n) is 6.33. The smallest absolute Gasteiger partial charge is 0.159 e. The van der Waals surface area contributed by atoms with Crippen LogP contribution in [-0.2, 0) is 12.8 Å². The standard InChI is InChI=1S/C15H14ClF3N2/c16-11-2-4-13(17)10(7-11)8-12(21-20)5-9-1-3-14(18)15(19)6-9/h1-4,6-7,12,21H,5,8,20H2. The van der Waals surface area contributed by atoms with Crippen LogP contribution in [0.25, 0.3) is 0 Å². The van der Waals surface area contributed by atoms with Crippen LogP contribution in [0.4, 0.5) is 13.2 Å². The summed E-state index contributed by atoms with van der Waals surface area (Å²) < 4.78 is 39.7. The Labute approximate surface area is 125 Å². The number of rotatable bonds is 5. The van der Waals surface area contributed by atoms with E-state index < -0.39 is 11.6 Å². The summed E-state index contributed by atoms with van der Waals surface area (Å²) >= 11 is 5.83. The van der Waals surface area contributed by atoms with E-state index in [9.17, 15) is 13.2 Å². The molecular formula is C15H14ClF3N2. The average Bonchev–Trinajstić information content (AvgIpc) is 2.46. The molecule has 6 heteroatoms. The summed E-state index contributed by atoms with van der Waals surface area (Å²) in [5.41, 5.74) is 3.53. The van der Waals surface area contributed by atoms with Gasteiger partial charge in [0.1, 0.15) is 5.82 Å². The molecule has 21 heavy (non-hydrogen) atoms. The fourth-order valence-electron chi connectivity index (χ4n) is 2.11. The second-order valence-electron chi connectivity index (χ2n) is 4.76. The van der Waals surface area contributed by atoms with Gasteiger partial charge in [0, 0.05) is 11.1 Å². The molecule has 0 saturated carbocycles. The zero-order valence-electron chi connectivity index (χ0n) is 11.0. The zero-order valence-corrected chi connectivity index (χ0v) is 11.8. The van der Waals surface area contributed by atoms with Crippen molar-refractivity contribution in [3.63, 3.8) is 0 Å². The van der Waals surface area contributed by atoms with Crippen LogP contribution in [0.3, 0.4) is 0 Å². The Morgan fingerprint density at radius 3 is 2.33 bits per heavy atom. The molecule has 3 N–H and O–H groups in total. The highest BCUT2D eigenvalue weighted by molar-refractivity contribution is 6.30. The van der Waals surface area contributed by atoms with Crippen molar-refractivity contribution in [2.24, 2.45) is 5.84 Å². The van der Waals surface area contributed by atoms with E-state index in [4.69, 9.17) is 17.4 Å². The number of nitrogens with two attached hydrogens (primary N) is 1. The monoisotopic (exact) mass is 314 g/mol.